The van der Waals surface area contributed by atoms with E-state index in [0.29, 0.717) is 12.8 Å². The van der Waals surface area contributed by atoms with Crippen LogP contribution in [0.4, 0.5) is 0 Å². The molecule has 0 aliphatic rings. The number of hydrazine groups is 1. The zero-order valence-electron chi connectivity index (χ0n) is 6.89. The van der Waals surface area contributed by atoms with Gasteiger partial charge in [-0.25, -0.2) is 5.84 Å². The maximum Gasteiger partial charge on any atom is 0.236 e. The number of hydrogen-bond donors (Lipinski definition) is 2. The smallest absolute Gasteiger partial charge is 0.236 e. The van der Waals surface area contributed by atoms with Gasteiger partial charge in [-0.3, -0.25) is 10.2 Å². The Bertz CT molecular complexity index is 157. The molecule has 0 rings (SSSR count). The number of amides is 1. The van der Waals surface area contributed by atoms with Crippen LogP contribution < -0.4 is 11.3 Å². The highest BCUT2D eigenvalue weighted by Crippen LogP contribution is 2.04. The minimum atomic E-state index is -0.216. The predicted octanol–water partition coefficient (Wildman–Crippen LogP) is -0.0184. The van der Waals surface area contributed by atoms with Gasteiger partial charge in [0.25, 0.3) is 0 Å². The van der Waals surface area contributed by atoms with Crippen LogP contribution in [-0.2, 0) is 9.59 Å². The first-order chi connectivity index (χ1) is 5.07. The van der Waals surface area contributed by atoms with Crippen molar-refractivity contribution in [3.63, 3.8) is 0 Å². The quantitative estimate of drug-likeness (QED) is 0.343. The number of carbonyl (C=O) groups excluding carboxylic acids is 2. The molecule has 0 fully saturated rings. The van der Waals surface area contributed by atoms with E-state index in [1.165, 1.54) is 6.92 Å². The first-order valence-corrected chi connectivity index (χ1v) is 3.57. The number of nitrogens with one attached hydrogen (secondary N) is 1. The predicted molar refractivity (Wildman–Crippen MR) is 41.4 cm³/mol. The monoisotopic (exact) mass is 158 g/mol. The van der Waals surface area contributed by atoms with E-state index in [2.05, 4.69) is 0 Å². The molecular formula is C7H14N2O2. The van der Waals surface area contributed by atoms with Crippen LogP contribution in [0.5, 0.6) is 0 Å². The topological polar surface area (TPSA) is 72.2 Å². The van der Waals surface area contributed by atoms with Crippen LogP contribution in [0.25, 0.3) is 0 Å². The molecule has 0 aliphatic carbocycles. The fourth-order valence-electron chi connectivity index (χ4n) is 0.693. The van der Waals surface area contributed by atoms with Gasteiger partial charge in [0, 0.05) is 12.3 Å². The highest BCUT2D eigenvalue weighted by molar-refractivity contribution is 5.79. The van der Waals surface area contributed by atoms with Gasteiger partial charge < -0.3 is 4.79 Å². The Morgan fingerprint density at radius 1 is 1.55 bits per heavy atom. The van der Waals surface area contributed by atoms with Gasteiger partial charge in [0.05, 0.1) is 0 Å². The highest BCUT2D eigenvalue weighted by Gasteiger charge is 2.11. The van der Waals surface area contributed by atoms with Crippen LogP contribution in [0.2, 0.25) is 0 Å². The standard InChI is InChI=1S/C7H14N2O2/c1-5(7(11)9-8)3-4-6(2)10/h5H,3-4,8H2,1-2H3,(H,9,11)/t5-/m0/s1. The van der Waals surface area contributed by atoms with E-state index in [0.717, 1.165) is 0 Å². The molecule has 0 aromatic carbocycles. The molecule has 0 aromatic rings. The summed E-state index contributed by atoms with van der Waals surface area (Å²) in [6, 6.07) is 0. The summed E-state index contributed by atoms with van der Waals surface area (Å²) in [5, 5.41) is 0. The molecule has 3 N–H and O–H groups in total. The lowest BCUT2D eigenvalue weighted by Gasteiger charge is -2.06. The largest absolute Gasteiger partial charge is 0.300 e. The van der Waals surface area contributed by atoms with Crippen molar-refractivity contribution in [3.8, 4) is 0 Å². The van der Waals surface area contributed by atoms with Crippen molar-refractivity contribution in [2.24, 2.45) is 11.8 Å². The van der Waals surface area contributed by atoms with Crippen LogP contribution in [0.1, 0.15) is 26.7 Å². The van der Waals surface area contributed by atoms with Crippen LogP contribution in [0, 0.1) is 5.92 Å². The second kappa shape index (κ2) is 4.85. The average Bonchev–Trinajstić information content (AvgIpc) is 1.98. The average molecular weight is 158 g/mol. The molecule has 0 heterocycles. The second-order valence-electron chi connectivity index (χ2n) is 2.65. The Balaban J connectivity index is 3.60. The maximum absolute atomic E-state index is 10.8. The Kier molecular flexibility index (Phi) is 4.45. The van der Waals surface area contributed by atoms with Crippen molar-refractivity contribution < 1.29 is 9.59 Å². The minimum absolute atomic E-state index is 0.0988. The fraction of sp³-hybridized carbons (Fsp3) is 0.714. The molecule has 1 amide bonds. The van der Waals surface area contributed by atoms with E-state index >= 15 is 0 Å². The molecule has 0 unspecified atom stereocenters. The van der Waals surface area contributed by atoms with Crippen molar-refractivity contribution in [1.29, 1.82) is 0 Å². The van der Waals surface area contributed by atoms with E-state index in [1.807, 2.05) is 5.43 Å². The lowest BCUT2D eigenvalue weighted by molar-refractivity contribution is -0.125. The zero-order chi connectivity index (χ0) is 8.85. The van der Waals surface area contributed by atoms with Crippen molar-refractivity contribution in [2.45, 2.75) is 26.7 Å². The molecule has 0 aromatic heterocycles. The van der Waals surface area contributed by atoms with Crippen molar-refractivity contribution in [3.05, 3.63) is 0 Å². The molecule has 64 valence electrons. The second-order valence-corrected chi connectivity index (χ2v) is 2.65. The minimum Gasteiger partial charge on any atom is -0.300 e. The molecule has 0 spiro atoms. The molecule has 0 aliphatic heterocycles. The summed E-state index contributed by atoms with van der Waals surface area (Å²) < 4.78 is 0. The normalized spacial score (nSPS) is 12.3. The van der Waals surface area contributed by atoms with Gasteiger partial charge in [-0.05, 0) is 13.3 Å². The number of rotatable bonds is 4. The molecule has 0 radical (unpaired) electrons. The SMILES string of the molecule is CC(=O)CC[C@H](C)C(=O)NN. The lowest BCUT2D eigenvalue weighted by atomic mass is 10.0. The van der Waals surface area contributed by atoms with E-state index in [-0.39, 0.29) is 17.6 Å². The van der Waals surface area contributed by atoms with Gasteiger partial charge in [0.1, 0.15) is 5.78 Å². The molecule has 4 nitrogen and oxygen atoms in total. The van der Waals surface area contributed by atoms with Crippen molar-refractivity contribution in [2.75, 3.05) is 0 Å². The molecule has 0 saturated carbocycles. The molecule has 0 bridgehead atoms. The number of Topliss-reactive ketones (excluding diaryl/α,β-unsaturated/α-hetero) is 1. The summed E-state index contributed by atoms with van der Waals surface area (Å²) in [5.74, 6) is 4.60. The van der Waals surface area contributed by atoms with Crippen LogP contribution >= 0.6 is 0 Å². The summed E-state index contributed by atoms with van der Waals surface area (Å²) in [6.07, 6.45) is 1.01. The van der Waals surface area contributed by atoms with E-state index in [4.69, 9.17) is 5.84 Å². The lowest BCUT2D eigenvalue weighted by Crippen LogP contribution is -2.34. The van der Waals surface area contributed by atoms with Gasteiger partial charge in [0.2, 0.25) is 5.91 Å². The summed E-state index contributed by atoms with van der Waals surface area (Å²) in [7, 11) is 0. The fourth-order valence-corrected chi connectivity index (χ4v) is 0.693. The van der Waals surface area contributed by atoms with Gasteiger partial charge in [-0.2, -0.15) is 0 Å². The molecular weight excluding hydrogens is 144 g/mol. The summed E-state index contributed by atoms with van der Waals surface area (Å²) in [5.41, 5.74) is 2.04. The first kappa shape index (κ1) is 10.1. The van der Waals surface area contributed by atoms with Crippen LogP contribution in [-0.4, -0.2) is 11.7 Å². The van der Waals surface area contributed by atoms with E-state index in [9.17, 15) is 9.59 Å². The molecule has 11 heavy (non-hydrogen) atoms. The molecule has 4 heteroatoms. The summed E-state index contributed by atoms with van der Waals surface area (Å²) >= 11 is 0. The Labute approximate surface area is 66.1 Å². The van der Waals surface area contributed by atoms with Gasteiger partial charge in [0.15, 0.2) is 0 Å². The zero-order valence-corrected chi connectivity index (χ0v) is 6.89. The van der Waals surface area contributed by atoms with Crippen LogP contribution in [0.15, 0.2) is 0 Å². The van der Waals surface area contributed by atoms with Gasteiger partial charge >= 0.3 is 0 Å². The molecule has 1 atom stereocenters. The molecule has 0 saturated heterocycles. The third-order valence-corrected chi connectivity index (χ3v) is 1.52. The highest BCUT2D eigenvalue weighted by atomic mass is 16.2. The summed E-state index contributed by atoms with van der Waals surface area (Å²) in [6.45, 7) is 3.25. The van der Waals surface area contributed by atoms with Crippen molar-refractivity contribution in [1.82, 2.24) is 5.43 Å². The Morgan fingerprint density at radius 2 is 2.09 bits per heavy atom. The Morgan fingerprint density at radius 3 is 2.45 bits per heavy atom. The van der Waals surface area contributed by atoms with E-state index < -0.39 is 0 Å². The Hall–Kier alpha value is -0.900. The number of hydrogen-bond acceptors (Lipinski definition) is 3. The van der Waals surface area contributed by atoms with Crippen LogP contribution in [0.3, 0.4) is 0 Å². The van der Waals surface area contributed by atoms with E-state index in [1.54, 1.807) is 6.92 Å². The number of nitrogens with two attached hydrogens (primary N) is 1. The third-order valence-electron chi connectivity index (χ3n) is 1.52. The first-order valence-electron chi connectivity index (χ1n) is 3.57. The van der Waals surface area contributed by atoms with Gasteiger partial charge in [-0.15, -0.1) is 0 Å². The number of carbonyl (C=O) groups is 2. The maximum atomic E-state index is 10.8. The number of ketones is 1. The van der Waals surface area contributed by atoms with Crippen molar-refractivity contribution >= 4 is 11.7 Å². The third kappa shape index (κ3) is 4.50. The summed E-state index contributed by atoms with van der Waals surface area (Å²) in [4.78, 5) is 21.3. The van der Waals surface area contributed by atoms with Gasteiger partial charge in [-0.1, -0.05) is 6.92 Å².